The Morgan fingerprint density at radius 2 is 2.07 bits per heavy atom. The van der Waals surface area contributed by atoms with Crippen LogP contribution in [-0.4, -0.2) is 25.1 Å². The molecule has 0 fully saturated rings. The zero-order chi connectivity index (χ0) is 11.1. The molecule has 0 aliphatic heterocycles. The van der Waals surface area contributed by atoms with Gasteiger partial charge >= 0.3 is 0 Å². The third-order valence-corrected chi connectivity index (χ3v) is 1.88. The summed E-state index contributed by atoms with van der Waals surface area (Å²) in [6.45, 7) is 8.26. The van der Waals surface area contributed by atoms with Crippen molar-refractivity contribution in [1.82, 2.24) is 19.6 Å². The van der Waals surface area contributed by atoms with E-state index in [9.17, 15) is 0 Å². The number of nitrogens with one attached hydrogen (secondary N) is 1. The SMILES string of the molecule is Cc1cc(NC(C)(C)C)n2ncnc2n1. The lowest BCUT2D eigenvalue weighted by atomic mass is 10.1. The first-order chi connectivity index (χ1) is 6.96. The Labute approximate surface area is 88.6 Å². The third-order valence-electron chi connectivity index (χ3n) is 1.88. The third kappa shape index (κ3) is 2.06. The molecule has 2 heterocycles. The maximum atomic E-state index is 4.28. The van der Waals surface area contributed by atoms with Crippen molar-refractivity contribution < 1.29 is 0 Å². The first-order valence-corrected chi connectivity index (χ1v) is 4.91. The van der Waals surface area contributed by atoms with Crippen molar-refractivity contribution in [2.45, 2.75) is 33.2 Å². The summed E-state index contributed by atoms with van der Waals surface area (Å²) in [7, 11) is 0. The predicted molar refractivity (Wildman–Crippen MR) is 58.9 cm³/mol. The van der Waals surface area contributed by atoms with Gasteiger partial charge in [0.1, 0.15) is 12.1 Å². The molecular weight excluding hydrogens is 190 g/mol. The van der Waals surface area contributed by atoms with Crippen LogP contribution < -0.4 is 5.32 Å². The van der Waals surface area contributed by atoms with Gasteiger partial charge in [0.05, 0.1) is 0 Å². The van der Waals surface area contributed by atoms with Gasteiger partial charge in [-0.2, -0.15) is 14.6 Å². The van der Waals surface area contributed by atoms with E-state index < -0.39 is 0 Å². The molecule has 0 aliphatic rings. The molecule has 1 N–H and O–H groups in total. The van der Waals surface area contributed by atoms with E-state index in [1.54, 1.807) is 4.52 Å². The highest BCUT2D eigenvalue weighted by molar-refractivity contribution is 5.46. The van der Waals surface area contributed by atoms with Gasteiger partial charge in [-0.05, 0) is 27.7 Å². The summed E-state index contributed by atoms with van der Waals surface area (Å²) in [6, 6.07) is 1.97. The van der Waals surface area contributed by atoms with E-state index in [0.717, 1.165) is 11.5 Å². The average molecular weight is 205 g/mol. The summed E-state index contributed by atoms with van der Waals surface area (Å²) in [5.74, 6) is 1.55. The zero-order valence-corrected chi connectivity index (χ0v) is 9.44. The van der Waals surface area contributed by atoms with Crippen LogP contribution in [0, 0.1) is 6.92 Å². The van der Waals surface area contributed by atoms with E-state index in [1.807, 2.05) is 13.0 Å². The molecule has 0 spiro atoms. The van der Waals surface area contributed by atoms with Gasteiger partial charge in [0.2, 0.25) is 0 Å². The molecule has 5 nitrogen and oxygen atoms in total. The van der Waals surface area contributed by atoms with Crippen molar-refractivity contribution >= 4 is 11.6 Å². The second kappa shape index (κ2) is 3.18. The molecule has 0 aromatic carbocycles. The minimum atomic E-state index is -0.00727. The monoisotopic (exact) mass is 205 g/mol. The Balaban J connectivity index is 2.53. The molecule has 2 aromatic heterocycles. The Kier molecular flexibility index (Phi) is 2.10. The average Bonchev–Trinajstić information content (AvgIpc) is 2.48. The maximum absolute atomic E-state index is 4.28. The van der Waals surface area contributed by atoms with E-state index in [4.69, 9.17) is 0 Å². The fourth-order valence-electron chi connectivity index (χ4n) is 1.40. The number of hydrogen-bond acceptors (Lipinski definition) is 4. The minimum Gasteiger partial charge on any atom is -0.365 e. The highest BCUT2D eigenvalue weighted by Gasteiger charge is 2.13. The number of rotatable bonds is 1. The lowest BCUT2D eigenvalue weighted by molar-refractivity contribution is 0.625. The minimum absolute atomic E-state index is 0.00727. The van der Waals surface area contributed by atoms with E-state index in [1.165, 1.54) is 6.33 Å². The molecule has 0 aliphatic carbocycles. The Bertz CT molecular complexity index is 480. The van der Waals surface area contributed by atoms with E-state index in [2.05, 4.69) is 41.2 Å². The van der Waals surface area contributed by atoms with Crippen molar-refractivity contribution in [3.8, 4) is 0 Å². The lowest BCUT2D eigenvalue weighted by Gasteiger charge is -2.22. The smallest absolute Gasteiger partial charge is 0.254 e. The van der Waals surface area contributed by atoms with Crippen LogP contribution in [0.1, 0.15) is 26.5 Å². The van der Waals surface area contributed by atoms with E-state index >= 15 is 0 Å². The molecule has 15 heavy (non-hydrogen) atoms. The van der Waals surface area contributed by atoms with Crippen LogP contribution >= 0.6 is 0 Å². The van der Waals surface area contributed by atoms with Gasteiger partial charge in [0, 0.05) is 17.3 Å². The largest absolute Gasteiger partial charge is 0.365 e. The van der Waals surface area contributed by atoms with Gasteiger partial charge in [0.25, 0.3) is 5.78 Å². The Morgan fingerprint density at radius 3 is 2.73 bits per heavy atom. The number of aromatic nitrogens is 4. The second-order valence-electron chi connectivity index (χ2n) is 4.63. The number of fused-ring (bicyclic) bond motifs is 1. The first kappa shape index (κ1) is 9.89. The molecule has 2 aromatic rings. The van der Waals surface area contributed by atoms with Crippen LogP contribution in [0.25, 0.3) is 5.78 Å². The predicted octanol–water partition coefficient (Wildman–Crippen LogP) is 1.64. The Hall–Kier alpha value is -1.65. The molecule has 0 bridgehead atoms. The Morgan fingerprint density at radius 1 is 1.33 bits per heavy atom. The van der Waals surface area contributed by atoms with Gasteiger partial charge in [-0.15, -0.1) is 0 Å². The number of aryl methyl sites for hydroxylation is 1. The van der Waals surface area contributed by atoms with Crippen LogP contribution in [0.5, 0.6) is 0 Å². The molecule has 0 atom stereocenters. The number of nitrogens with zero attached hydrogens (tertiary/aromatic N) is 4. The van der Waals surface area contributed by atoms with Crippen LogP contribution in [-0.2, 0) is 0 Å². The molecule has 0 unspecified atom stereocenters. The van der Waals surface area contributed by atoms with Crippen LogP contribution in [0.3, 0.4) is 0 Å². The number of hydrogen-bond donors (Lipinski definition) is 1. The van der Waals surface area contributed by atoms with Crippen LogP contribution in [0.4, 0.5) is 5.82 Å². The highest BCUT2D eigenvalue weighted by atomic mass is 15.4. The van der Waals surface area contributed by atoms with E-state index in [-0.39, 0.29) is 5.54 Å². The summed E-state index contributed by atoms with van der Waals surface area (Å²) in [6.07, 6.45) is 1.51. The maximum Gasteiger partial charge on any atom is 0.254 e. The summed E-state index contributed by atoms with van der Waals surface area (Å²) in [4.78, 5) is 8.35. The van der Waals surface area contributed by atoms with Crippen molar-refractivity contribution in [3.05, 3.63) is 18.1 Å². The second-order valence-corrected chi connectivity index (χ2v) is 4.63. The standard InChI is InChI=1S/C10H15N5/c1-7-5-8(14-10(2,3)4)15-9(13-7)11-6-12-15/h5-6,14H,1-4H3. The van der Waals surface area contributed by atoms with Crippen LogP contribution in [0.2, 0.25) is 0 Å². The molecule has 80 valence electrons. The fourth-order valence-corrected chi connectivity index (χ4v) is 1.40. The van der Waals surface area contributed by atoms with Gasteiger partial charge in [0.15, 0.2) is 0 Å². The number of anilines is 1. The zero-order valence-electron chi connectivity index (χ0n) is 9.44. The van der Waals surface area contributed by atoms with Crippen molar-refractivity contribution in [2.24, 2.45) is 0 Å². The molecule has 5 heteroatoms. The molecule has 0 saturated carbocycles. The normalized spacial score (nSPS) is 12.0. The summed E-state index contributed by atoms with van der Waals surface area (Å²) in [5, 5.41) is 7.50. The molecule has 0 amide bonds. The molecule has 2 rings (SSSR count). The quantitative estimate of drug-likeness (QED) is 0.769. The first-order valence-electron chi connectivity index (χ1n) is 4.91. The van der Waals surface area contributed by atoms with Gasteiger partial charge in [-0.1, -0.05) is 0 Å². The lowest BCUT2D eigenvalue weighted by Crippen LogP contribution is -2.27. The van der Waals surface area contributed by atoms with Crippen molar-refractivity contribution in [3.63, 3.8) is 0 Å². The molecule has 0 radical (unpaired) electrons. The summed E-state index contributed by atoms with van der Waals surface area (Å²) < 4.78 is 1.71. The van der Waals surface area contributed by atoms with Gasteiger partial charge in [-0.25, -0.2) is 4.98 Å². The summed E-state index contributed by atoms with van der Waals surface area (Å²) in [5.41, 5.74) is 0.925. The fraction of sp³-hybridized carbons (Fsp3) is 0.500. The van der Waals surface area contributed by atoms with Gasteiger partial charge < -0.3 is 5.32 Å². The molecular formula is C10H15N5. The highest BCUT2D eigenvalue weighted by Crippen LogP contribution is 2.15. The van der Waals surface area contributed by atoms with Crippen molar-refractivity contribution in [1.29, 1.82) is 0 Å². The van der Waals surface area contributed by atoms with E-state index in [0.29, 0.717) is 5.78 Å². The summed E-state index contributed by atoms with van der Waals surface area (Å²) >= 11 is 0. The van der Waals surface area contributed by atoms with Crippen molar-refractivity contribution in [2.75, 3.05) is 5.32 Å². The van der Waals surface area contributed by atoms with Crippen LogP contribution in [0.15, 0.2) is 12.4 Å². The van der Waals surface area contributed by atoms with Gasteiger partial charge in [-0.3, -0.25) is 0 Å². The topological polar surface area (TPSA) is 55.1 Å². The molecule has 0 saturated heterocycles.